The van der Waals surface area contributed by atoms with E-state index in [2.05, 4.69) is 68.2 Å². The second kappa shape index (κ2) is 9.49. The zero-order chi connectivity index (χ0) is 21.1. The number of aromatic nitrogens is 1. The summed E-state index contributed by atoms with van der Waals surface area (Å²) in [7, 11) is 0. The highest BCUT2D eigenvalue weighted by atomic mass is 79.9. The zero-order valence-corrected chi connectivity index (χ0v) is 20.5. The lowest BCUT2D eigenvalue weighted by Gasteiger charge is -2.13. The van der Waals surface area contributed by atoms with Crippen LogP contribution in [0.1, 0.15) is 18.6 Å². The number of halogens is 3. The lowest BCUT2D eigenvalue weighted by atomic mass is 10.2. The number of hydrogen-bond acceptors (Lipinski definition) is 6. The molecule has 1 aromatic carbocycles. The van der Waals surface area contributed by atoms with Crippen molar-refractivity contribution in [2.75, 3.05) is 24.6 Å². The Hall–Kier alpha value is -1.91. The van der Waals surface area contributed by atoms with E-state index in [-0.39, 0.29) is 6.61 Å². The van der Waals surface area contributed by atoms with Gasteiger partial charge in [-0.25, -0.2) is 5.43 Å². The van der Waals surface area contributed by atoms with Crippen LogP contribution in [0.15, 0.2) is 53.4 Å². The number of hydrazone groups is 1. The molecule has 0 unspecified atom stereocenters. The smallest absolute Gasteiger partial charge is 0.277 e. The van der Waals surface area contributed by atoms with E-state index in [4.69, 9.17) is 9.15 Å². The van der Waals surface area contributed by atoms with Crippen molar-refractivity contribution in [3.05, 3.63) is 49.6 Å². The molecule has 7 nitrogen and oxygen atoms in total. The molecule has 1 amide bonds. The average Bonchev–Trinajstić information content (AvgIpc) is 3.37. The van der Waals surface area contributed by atoms with Gasteiger partial charge in [0.2, 0.25) is 5.88 Å². The number of hydrogen-bond donors (Lipinski definition) is 1. The Kier molecular flexibility index (Phi) is 6.74. The molecule has 0 aliphatic carbocycles. The van der Waals surface area contributed by atoms with Gasteiger partial charge < -0.3 is 14.1 Å². The lowest BCUT2D eigenvalue weighted by Crippen LogP contribution is -2.24. The van der Waals surface area contributed by atoms with Gasteiger partial charge in [-0.15, -0.1) is 0 Å². The summed E-state index contributed by atoms with van der Waals surface area (Å²) < 4.78 is 14.0. The summed E-state index contributed by atoms with van der Waals surface area (Å²) in [5.41, 5.74) is 3.11. The normalized spacial score (nSPS) is 14.0. The highest BCUT2D eigenvalue weighted by molar-refractivity contribution is 9.11. The van der Waals surface area contributed by atoms with E-state index >= 15 is 0 Å². The van der Waals surface area contributed by atoms with E-state index in [1.54, 1.807) is 6.20 Å². The van der Waals surface area contributed by atoms with Crippen molar-refractivity contribution in [1.29, 1.82) is 0 Å². The van der Waals surface area contributed by atoms with Crippen molar-refractivity contribution in [3.63, 3.8) is 0 Å². The number of anilines is 1. The second-order valence-electron chi connectivity index (χ2n) is 6.65. The van der Waals surface area contributed by atoms with E-state index < -0.39 is 5.91 Å². The molecule has 1 aliphatic rings. The minimum atomic E-state index is -0.393. The molecule has 1 N–H and O–H groups in total. The van der Waals surface area contributed by atoms with Crippen LogP contribution in [0, 0.1) is 0 Å². The Morgan fingerprint density at radius 3 is 2.83 bits per heavy atom. The summed E-state index contributed by atoms with van der Waals surface area (Å²) in [4.78, 5) is 18.7. The monoisotopic (exact) mass is 598 g/mol. The first-order chi connectivity index (χ1) is 14.5. The van der Waals surface area contributed by atoms with E-state index in [1.807, 2.05) is 24.3 Å². The second-order valence-corrected chi connectivity index (χ2v) is 9.21. The van der Waals surface area contributed by atoms with Crippen molar-refractivity contribution in [3.8, 4) is 5.75 Å². The third-order valence-electron chi connectivity index (χ3n) is 4.56. The van der Waals surface area contributed by atoms with Gasteiger partial charge in [0.15, 0.2) is 18.1 Å². The summed E-state index contributed by atoms with van der Waals surface area (Å²) in [6.07, 6.45) is 5.46. The number of nitrogens with one attached hydrogen (secondary N) is 1. The first kappa shape index (κ1) is 21.3. The Morgan fingerprint density at radius 1 is 1.23 bits per heavy atom. The summed E-state index contributed by atoms with van der Waals surface area (Å²) in [5, 5.41) is 4.86. The number of ether oxygens (including phenoxy) is 1. The number of pyridine rings is 1. The third-order valence-corrected chi connectivity index (χ3v) is 6.37. The molecule has 0 spiro atoms. The number of amides is 1. The largest absolute Gasteiger partial charge is 0.480 e. The van der Waals surface area contributed by atoms with Crippen LogP contribution in [0.25, 0.3) is 10.9 Å². The molecule has 4 rings (SSSR count). The van der Waals surface area contributed by atoms with Crippen LogP contribution in [0.5, 0.6) is 5.75 Å². The van der Waals surface area contributed by atoms with Gasteiger partial charge in [-0.2, -0.15) is 5.10 Å². The van der Waals surface area contributed by atoms with Crippen LogP contribution in [0.3, 0.4) is 0 Å². The quantitative estimate of drug-likeness (QED) is 0.309. The number of carbonyl (C=O) groups is 1. The minimum absolute atomic E-state index is 0.204. The average molecular weight is 601 g/mol. The molecular weight excluding hydrogens is 584 g/mol. The summed E-state index contributed by atoms with van der Waals surface area (Å²) in [6.45, 7) is 1.75. The SMILES string of the molecule is O=C(COc1c(Br)cc(Br)c2cccnc12)N/N=C/c1cc(Br)c(N2CCCC2)o1. The van der Waals surface area contributed by atoms with Gasteiger partial charge in [-0.05, 0) is 56.8 Å². The predicted octanol–water partition coefficient (Wildman–Crippen LogP) is 5.24. The Balaban J connectivity index is 1.37. The molecule has 0 radical (unpaired) electrons. The molecule has 2 aromatic heterocycles. The molecule has 0 saturated carbocycles. The Labute approximate surface area is 198 Å². The summed E-state index contributed by atoms with van der Waals surface area (Å²) >= 11 is 10.5. The van der Waals surface area contributed by atoms with Gasteiger partial charge in [0, 0.05) is 35.2 Å². The fraction of sp³-hybridized carbons (Fsp3) is 0.250. The van der Waals surface area contributed by atoms with E-state index in [9.17, 15) is 4.79 Å². The predicted molar refractivity (Wildman–Crippen MR) is 126 cm³/mol. The van der Waals surface area contributed by atoms with Crippen molar-refractivity contribution in [2.45, 2.75) is 12.8 Å². The minimum Gasteiger partial charge on any atom is -0.480 e. The van der Waals surface area contributed by atoms with Crippen LogP contribution in [0.2, 0.25) is 0 Å². The number of carbonyl (C=O) groups excluding carboxylic acids is 1. The molecule has 1 fully saturated rings. The highest BCUT2D eigenvalue weighted by Crippen LogP contribution is 2.37. The number of furan rings is 1. The van der Waals surface area contributed by atoms with Crippen LogP contribution in [-0.4, -0.2) is 36.8 Å². The molecule has 3 heterocycles. The highest BCUT2D eigenvalue weighted by Gasteiger charge is 2.19. The molecule has 0 bridgehead atoms. The Bertz CT molecular complexity index is 1110. The summed E-state index contributed by atoms with van der Waals surface area (Å²) in [5.74, 6) is 1.45. The fourth-order valence-corrected chi connectivity index (χ4v) is 5.14. The van der Waals surface area contributed by atoms with Gasteiger partial charge in [0.1, 0.15) is 5.52 Å². The van der Waals surface area contributed by atoms with Crippen LogP contribution in [0.4, 0.5) is 5.88 Å². The number of benzene rings is 1. The van der Waals surface area contributed by atoms with Crippen molar-refractivity contribution in [1.82, 2.24) is 10.4 Å². The molecule has 156 valence electrons. The van der Waals surface area contributed by atoms with Gasteiger partial charge in [0.25, 0.3) is 5.91 Å². The van der Waals surface area contributed by atoms with E-state index in [0.717, 1.165) is 46.1 Å². The first-order valence-corrected chi connectivity index (χ1v) is 11.6. The van der Waals surface area contributed by atoms with Crippen LogP contribution < -0.4 is 15.1 Å². The summed E-state index contributed by atoms with van der Waals surface area (Å²) in [6, 6.07) is 7.46. The maximum Gasteiger partial charge on any atom is 0.277 e. The van der Waals surface area contributed by atoms with Crippen molar-refractivity contribution < 1.29 is 13.9 Å². The molecule has 10 heteroatoms. The molecule has 30 heavy (non-hydrogen) atoms. The number of nitrogens with zero attached hydrogens (tertiary/aromatic N) is 3. The lowest BCUT2D eigenvalue weighted by molar-refractivity contribution is -0.123. The van der Waals surface area contributed by atoms with Gasteiger partial charge in [0.05, 0.1) is 15.2 Å². The van der Waals surface area contributed by atoms with Gasteiger partial charge >= 0.3 is 0 Å². The molecular formula is C20H17Br3N4O3. The maximum atomic E-state index is 12.2. The Morgan fingerprint density at radius 2 is 2.03 bits per heavy atom. The van der Waals surface area contributed by atoms with Gasteiger partial charge in [-0.1, -0.05) is 22.0 Å². The molecule has 3 aromatic rings. The molecule has 1 saturated heterocycles. The van der Waals surface area contributed by atoms with E-state index in [0.29, 0.717) is 21.5 Å². The molecule has 0 atom stereocenters. The fourth-order valence-electron chi connectivity index (χ4n) is 3.20. The third kappa shape index (κ3) is 4.70. The van der Waals surface area contributed by atoms with Gasteiger partial charge in [-0.3, -0.25) is 9.78 Å². The van der Waals surface area contributed by atoms with Crippen LogP contribution >= 0.6 is 47.8 Å². The first-order valence-electron chi connectivity index (χ1n) is 9.24. The van der Waals surface area contributed by atoms with Crippen molar-refractivity contribution >= 4 is 76.7 Å². The number of fused-ring (bicyclic) bond motifs is 1. The zero-order valence-electron chi connectivity index (χ0n) is 15.7. The standard InChI is InChI=1S/C20H17Br3N4O3/c21-14-9-15(22)19(18-13(14)4-3-5-24-18)29-11-17(28)26-25-10-12-8-16(23)20(30-12)27-6-1-2-7-27/h3-5,8-10H,1-2,6-7,11H2,(H,26,28)/b25-10+. The van der Waals surface area contributed by atoms with E-state index in [1.165, 1.54) is 6.21 Å². The molecule has 1 aliphatic heterocycles. The topological polar surface area (TPSA) is 80.0 Å². The maximum absolute atomic E-state index is 12.2. The van der Waals surface area contributed by atoms with Crippen molar-refractivity contribution in [2.24, 2.45) is 5.10 Å². The number of rotatable bonds is 6. The van der Waals surface area contributed by atoms with Crippen LogP contribution in [-0.2, 0) is 4.79 Å².